The highest BCUT2D eigenvalue weighted by molar-refractivity contribution is 7.47. The number of likely N-dealkylation sites (N-methyl/N-ethyl adjacent to an activating group) is 1. The van der Waals surface area contributed by atoms with Crippen molar-refractivity contribution in [3.8, 4) is 0 Å². The van der Waals surface area contributed by atoms with Gasteiger partial charge in [-0.2, -0.15) is 0 Å². The Balaban J connectivity index is 2.51. The summed E-state index contributed by atoms with van der Waals surface area (Å²) in [6.45, 7) is 3.88. The van der Waals surface area contributed by atoms with E-state index in [-0.39, 0.29) is 37.9 Å². The Morgan fingerprint density at radius 2 is 1.34 bits per heavy atom. The molecule has 0 aromatic heterocycles. The molecule has 0 aromatic rings. The fourth-order valence-electron chi connectivity index (χ4n) is 6.73. The number of hydrogen-bond donors (Lipinski definition) is 4. The molecule has 0 amide bonds. The van der Waals surface area contributed by atoms with Gasteiger partial charge in [0, 0.05) is 25.2 Å². The molecule has 0 aromatic carbocycles. The molecule has 1 aliphatic rings. The fraction of sp³-hybridized carbons (Fsp3) is 0.708. The molecule has 0 aliphatic heterocycles. The third-order valence-electron chi connectivity index (χ3n) is 10.3. The summed E-state index contributed by atoms with van der Waals surface area (Å²) in [6.07, 6.45) is 36.0. The van der Waals surface area contributed by atoms with E-state index in [0.29, 0.717) is 43.1 Å². The van der Waals surface area contributed by atoms with Crippen molar-refractivity contribution < 1.29 is 57.4 Å². The summed E-state index contributed by atoms with van der Waals surface area (Å²) in [6, 6.07) is 0. The maximum absolute atomic E-state index is 12.7. The first-order valence-electron chi connectivity index (χ1n) is 22.9. The van der Waals surface area contributed by atoms with Gasteiger partial charge in [-0.15, -0.1) is 0 Å². The topological polar surface area (TPSA) is 169 Å². The van der Waals surface area contributed by atoms with E-state index in [2.05, 4.69) is 68.5 Å². The van der Waals surface area contributed by atoms with Crippen LogP contribution in [0.3, 0.4) is 0 Å². The highest BCUT2D eigenvalue weighted by atomic mass is 31.2. The van der Waals surface area contributed by atoms with Gasteiger partial charge in [0.15, 0.2) is 6.10 Å². The van der Waals surface area contributed by atoms with Gasteiger partial charge >= 0.3 is 19.8 Å². The summed E-state index contributed by atoms with van der Waals surface area (Å²) in [5.74, 6) is -1.30. The quantitative estimate of drug-likeness (QED) is 0.0156. The Labute approximate surface area is 368 Å². The number of quaternary nitrogens is 1. The van der Waals surface area contributed by atoms with E-state index in [4.69, 9.17) is 18.5 Å². The largest absolute Gasteiger partial charge is 0.472 e. The Morgan fingerprint density at radius 1 is 0.738 bits per heavy atom. The number of aliphatic hydroxyl groups is 3. The van der Waals surface area contributed by atoms with Crippen LogP contribution in [-0.4, -0.2) is 109 Å². The number of nitrogens with zero attached hydrogens (tertiary/aromatic N) is 1. The summed E-state index contributed by atoms with van der Waals surface area (Å²) < 4.78 is 34.2. The average Bonchev–Trinajstić information content (AvgIpc) is 3.47. The zero-order chi connectivity index (χ0) is 45.2. The molecule has 1 unspecified atom stereocenters. The van der Waals surface area contributed by atoms with Crippen LogP contribution in [-0.2, 0) is 32.7 Å². The molecule has 350 valence electrons. The number of allylic oxidation sites excluding steroid dienone is 10. The molecule has 0 saturated heterocycles. The molecular weight excluding hydrogens is 797 g/mol. The predicted molar refractivity (Wildman–Crippen MR) is 244 cm³/mol. The van der Waals surface area contributed by atoms with Crippen LogP contribution in [0.2, 0.25) is 0 Å². The van der Waals surface area contributed by atoms with E-state index < -0.39 is 50.8 Å². The van der Waals surface area contributed by atoms with Gasteiger partial charge in [0.25, 0.3) is 0 Å². The van der Waals surface area contributed by atoms with Crippen molar-refractivity contribution in [1.82, 2.24) is 0 Å². The Hall–Kier alpha value is -2.67. The minimum atomic E-state index is -4.45. The van der Waals surface area contributed by atoms with E-state index >= 15 is 0 Å². The molecule has 1 fully saturated rings. The number of rotatable bonds is 36. The van der Waals surface area contributed by atoms with Gasteiger partial charge in [-0.25, -0.2) is 4.57 Å². The molecule has 4 N–H and O–H groups in total. The molecule has 1 saturated carbocycles. The van der Waals surface area contributed by atoms with Crippen molar-refractivity contribution in [1.29, 1.82) is 0 Å². The highest BCUT2D eigenvalue weighted by Crippen LogP contribution is 2.43. The van der Waals surface area contributed by atoms with E-state index in [0.717, 1.165) is 77.0 Å². The summed E-state index contributed by atoms with van der Waals surface area (Å²) in [4.78, 5) is 35.6. The molecule has 1 aliphatic carbocycles. The standard InChI is InChI=1S/C48H82NO11P/c1-6-8-10-11-12-13-14-15-16-17-18-19-20-21-22-23-29-33-48(54)60-42(40-59-61(55,56)58-37-36-49(3,4)5)39-57-47(53)32-28-25-24-27-31-43-44(46(52)38-45(43)51)35-34-41(50)30-26-9-7-2/h8,10,12-13,15-16,18-19,21-22,34-35,41-46,50-52H,6-7,9,11,14,17,20,23-33,36-40H2,1-5H3/p+1/b10-8-,13-12-,16-15-,19-18-,22-21-,35-34+/t41-,42+,43+,44+,45-,46+/m0/s1. The van der Waals surface area contributed by atoms with E-state index in [1.54, 1.807) is 6.08 Å². The zero-order valence-corrected chi connectivity index (χ0v) is 39.1. The number of phosphoric ester groups is 1. The van der Waals surface area contributed by atoms with Crippen LogP contribution in [0.5, 0.6) is 0 Å². The van der Waals surface area contributed by atoms with Gasteiger partial charge in [-0.3, -0.25) is 18.6 Å². The van der Waals surface area contributed by atoms with Crippen molar-refractivity contribution in [2.24, 2.45) is 11.8 Å². The van der Waals surface area contributed by atoms with Crippen molar-refractivity contribution in [3.63, 3.8) is 0 Å². The van der Waals surface area contributed by atoms with Gasteiger partial charge in [0.1, 0.15) is 19.8 Å². The van der Waals surface area contributed by atoms with Crippen molar-refractivity contribution >= 4 is 19.8 Å². The average molecular weight is 881 g/mol. The molecule has 0 heterocycles. The summed E-state index contributed by atoms with van der Waals surface area (Å²) in [7, 11) is 1.31. The highest BCUT2D eigenvalue weighted by Gasteiger charge is 2.39. The number of esters is 2. The smallest absolute Gasteiger partial charge is 0.462 e. The molecule has 61 heavy (non-hydrogen) atoms. The van der Waals surface area contributed by atoms with Gasteiger partial charge < -0.3 is 34.2 Å². The molecule has 12 nitrogen and oxygen atoms in total. The maximum atomic E-state index is 12.7. The Morgan fingerprint density at radius 3 is 1.97 bits per heavy atom. The third-order valence-corrected chi connectivity index (χ3v) is 11.3. The first kappa shape index (κ1) is 56.3. The van der Waals surface area contributed by atoms with E-state index in [1.165, 1.54) is 0 Å². The number of hydrogen-bond acceptors (Lipinski definition) is 10. The zero-order valence-electron chi connectivity index (χ0n) is 38.2. The molecular formula is C48H83NO11P+. The summed E-state index contributed by atoms with van der Waals surface area (Å²) >= 11 is 0. The molecule has 0 bridgehead atoms. The first-order chi connectivity index (χ1) is 29.2. The van der Waals surface area contributed by atoms with Crippen molar-refractivity contribution in [3.05, 3.63) is 72.9 Å². The second kappa shape index (κ2) is 34.8. The van der Waals surface area contributed by atoms with Crippen molar-refractivity contribution in [2.45, 2.75) is 160 Å². The minimum Gasteiger partial charge on any atom is -0.462 e. The lowest BCUT2D eigenvalue weighted by Crippen LogP contribution is -2.37. The van der Waals surface area contributed by atoms with Crippen LogP contribution < -0.4 is 0 Å². The molecule has 0 radical (unpaired) electrons. The van der Waals surface area contributed by atoms with Gasteiger partial charge in [-0.1, -0.05) is 125 Å². The van der Waals surface area contributed by atoms with Crippen molar-refractivity contribution in [2.75, 3.05) is 47.5 Å². The number of ether oxygens (including phenoxy) is 2. The van der Waals surface area contributed by atoms with Crippen LogP contribution in [0.4, 0.5) is 0 Å². The molecule has 13 heteroatoms. The van der Waals surface area contributed by atoms with Gasteiger partial charge in [0.05, 0.1) is 46.1 Å². The lowest BCUT2D eigenvalue weighted by atomic mass is 9.88. The van der Waals surface area contributed by atoms with E-state index in [9.17, 15) is 34.4 Å². The Bertz CT molecular complexity index is 1390. The normalized spacial score (nSPS) is 20.9. The van der Waals surface area contributed by atoms with Crippen LogP contribution in [0.15, 0.2) is 72.9 Å². The van der Waals surface area contributed by atoms with Crippen LogP contribution in [0.25, 0.3) is 0 Å². The monoisotopic (exact) mass is 881 g/mol. The van der Waals surface area contributed by atoms with Crippen LogP contribution >= 0.6 is 7.82 Å². The van der Waals surface area contributed by atoms with E-state index in [1.807, 2.05) is 33.3 Å². The first-order valence-corrected chi connectivity index (χ1v) is 24.4. The fourth-order valence-corrected chi connectivity index (χ4v) is 7.47. The predicted octanol–water partition coefficient (Wildman–Crippen LogP) is 9.40. The van der Waals surface area contributed by atoms with Gasteiger partial charge in [0.2, 0.25) is 0 Å². The third kappa shape index (κ3) is 31.8. The summed E-state index contributed by atoms with van der Waals surface area (Å²) in [5, 5.41) is 31.4. The van der Waals surface area contributed by atoms with Gasteiger partial charge in [-0.05, 0) is 70.1 Å². The lowest BCUT2D eigenvalue weighted by molar-refractivity contribution is -0.870. The van der Waals surface area contributed by atoms with Crippen LogP contribution in [0, 0.1) is 11.8 Å². The molecule has 0 spiro atoms. The van der Waals surface area contributed by atoms with Crippen LogP contribution in [0.1, 0.15) is 136 Å². The number of carbonyl (C=O) groups excluding carboxylic acids is 2. The number of carbonyl (C=O) groups is 2. The Kier molecular flexibility index (Phi) is 32.1. The molecule has 1 rings (SSSR count). The lowest BCUT2D eigenvalue weighted by Gasteiger charge is -2.24. The second-order valence-corrected chi connectivity index (χ2v) is 18.5. The number of phosphoric acid groups is 1. The number of unbranched alkanes of at least 4 members (excludes halogenated alkanes) is 6. The maximum Gasteiger partial charge on any atom is 0.472 e. The number of aliphatic hydroxyl groups excluding tert-OH is 3. The summed E-state index contributed by atoms with van der Waals surface area (Å²) in [5.41, 5.74) is 0. The molecule has 7 atom stereocenters. The SMILES string of the molecule is CC/C=C\C/C=C\C/C=C\C/C=C\C/C=C\CCCC(=O)O[C@H](COC(=O)CCCCCC[C@@H]1[C@@H](/C=C/[C@@H](O)CCCCC)[C@H](O)C[C@@H]1O)COP(=O)(O)OCC[N+](C)(C)C. The minimum absolute atomic E-state index is 0.0172. The second-order valence-electron chi connectivity index (χ2n) is 17.0.